The molecule has 1 fully saturated rings. The number of aryl methyl sites for hydroxylation is 1. The molecule has 1 aromatic heterocycles. The van der Waals surface area contributed by atoms with Gasteiger partial charge in [0.25, 0.3) is 5.91 Å². The Morgan fingerprint density at radius 1 is 1.56 bits per heavy atom. The molecule has 1 aliphatic rings. The van der Waals surface area contributed by atoms with Crippen molar-refractivity contribution >= 4 is 17.6 Å². The Morgan fingerprint density at radius 3 is 2.83 bits per heavy atom. The number of nitrogens with one attached hydrogen (secondary N) is 1. The number of carboxylic acids is 1. The summed E-state index contributed by atoms with van der Waals surface area (Å²) >= 11 is 0. The zero-order chi connectivity index (χ0) is 13.1. The highest BCUT2D eigenvalue weighted by molar-refractivity contribution is 5.94. The topological polar surface area (TPSA) is 93.5 Å². The fourth-order valence-electron chi connectivity index (χ4n) is 1.84. The van der Waals surface area contributed by atoms with Gasteiger partial charge in [0.1, 0.15) is 6.10 Å². The number of anilines is 1. The first-order valence-electron chi connectivity index (χ1n) is 5.81. The van der Waals surface area contributed by atoms with Gasteiger partial charge in [0.05, 0.1) is 11.9 Å². The largest absolute Gasteiger partial charge is 0.479 e. The smallest absolute Gasteiger partial charge is 0.332 e. The summed E-state index contributed by atoms with van der Waals surface area (Å²) < 4.78 is 6.84. The van der Waals surface area contributed by atoms with Crippen molar-refractivity contribution in [2.75, 3.05) is 5.32 Å². The summed E-state index contributed by atoms with van der Waals surface area (Å²) in [6.45, 7) is 2.66. The van der Waals surface area contributed by atoms with E-state index >= 15 is 0 Å². The van der Waals surface area contributed by atoms with Gasteiger partial charge in [0.2, 0.25) is 0 Å². The molecule has 98 valence electrons. The van der Waals surface area contributed by atoms with Gasteiger partial charge in [-0.05, 0) is 19.8 Å². The second-order valence-corrected chi connectivity index (χ2v) is 4.10. The van der Waals surface area contributed by atoms with Gasteiger partial charge in [-0.3, -0.25) is 9.48 Å². The molecule has 0 bridgehead atoms. The first-order chi connectivity index (χ1) is 8.60. The van der Waals surface area contributed by atoms with E-state index in [4.69, 9.17) is 9.84 Å². The first kappa shape index (κ1) is 12.6. The van der Waals surface area contributed by atoms with E-state index in [0.717, 1.165) is 6.54 Å². The van der Waals surface area contributed by atoms with Crippen molar-refractivity contribution in [1.82, 2.24) is 9.78 Å². The number of rotatable bonds is 4. The molecule has 0 aliphatic carbocycles. The molecule has 2 rings (SSSR count). The Bertz CT molecular complexity index is 457. The van der Waals surface area contributed by atoms with Crippen molar-refractivity contribution in [2.24, 2.45) is 0 Å². The highest BCUT2D eigenvalue weighted by Gasteiger charge is 2.34. The number of amides is 1. The molecule has 2 N–H and O–H groups in total. The number of ether oxygens (including phenoxy) is 1. The zero-order valence-corrected chi connectivity index (χ0v) is 10.00. The van der Waals surface area contributed by atoms with Gasteiger partial charge < -0.3 is 15.2 Å². The molecular weight excluding hydrogens is 238 g/mol. The van der Waals surface area contributed by atoms with Crippen molar-refractivity contribution < 1.29 is 19.4 Å². The molecule has 0 radical (unpaired) electrons. The van der Waals surface area contributed by atoms with E-state index < -0.39 is 18.2 Å². The van der Waals surface area contributed by atoms with Crippen LogP contribution in [0.15, 0.2) is 12.4 Å². The van der Waals surface area contributed by atoms with E-state index in [1.54, 1.807) is 17.1 Å². The summed E-state index contributed by atoms with van der Waals surface area (Å²) in [5, 5.41) is 15.5. The third-order valence-electron chi connectivity index (χ3n) is 2.81. The van der Waals surface area contributed by atoms with Crippen LogP contribution in [-0.4, -0.2) is 39.0 Å². The number of carbonyl (C=O) groups is 2. The number of carboxylic acid groups (broad SMARTS) is 1. The summed E-state index contributed by atoms with van der Waals surface area (Å²) in [4.78, 5) is 22.5. The summed E-state index contributed by atoms with van der Waals surface area (Å²) in [6, 6.07) is 0. The maximum absolute atomic E-state index is 11.8. The molecule has 2 heterocycles. The number of hydrogen-bond donors (Lipinski definition) is 2. The minimum Gasteiger partial charge on any atom is -0.479 e. The van der Waals surface area contributed by atoms with E-state index in [-0.39, 0.29) is 5.91 Å². The van der Waals surface area contributed by atoms with Crippen LogP contribution in [0.4, 0.5) is 5.69 Å². The van der Waals surface area contributed by atoms with E-state index in [2.05, 4.69) is 10.4 Å². The van der Waals surface area contributed by atoms with Gasteiger partial charge in [-0.15, -0.1) is 0 Å². The first-order valence-corrected chi connectivity index (χ1v) is 5.81. The summed E-state index contributed by atoms with van der Waals surface area (Å²) in [7, 11) is 0. The number of hydrogen-bond acceptors (Lipinski definition) is 4. The van der Waals surface area contributed by atoms with Crippen molar-refractivity contribution in [1.29, 1.82) is 0 Å². The van der Waals surface area contributed by atoms with Gasteiger partial charge in [-0.1, -0.05) is 0 Å². The highest BCUT2D eigenvalue weighted by Crippen LogP contribution is 2.21. The SMILES string of the molecule is CCn1cc(NC(=O)[C@@H]2CC[C@H](C(=O)O)O2)cn1. The number of aliphatic carboxylic acids is 1. The van der Waals surface area contributed by atoms with Gasteiger partial charge in [-0.2, -0.15) is 5.10 Å². The van der Waals surface area contributed by atoms with Crippen LogP contribution >= 0.6 is 0 Å². The van der Waals surface area contributed by atoms with Crippen LogP contribution in [0, 0.1) is 0 Å². The van der Waals surface area contributed by atoms with Gasteiger partial charge in [0.15, 0.2) is 6.10 Å². The highest BCUT2D eigenvalue weighted by atomic mass is 16.5. The lowest BCUT2D eigenvalue weighted by Gasteiger charge is -2.10. The van der Waals surface area contributed by atoms with Crippen molar-refractivity contribution in [2.45, 2.75) is 38.5 Å². The molecule has 0 unspecified atom stereocenters. The molecule has 1 amide bonds. The molecule has 2 atom stereocenters. The lowest BCUT2D eigenvalue weighted by molar-refractivity contribution is -0.150. The summed E-state index contributed by atoms with van der Waals surface area (Å²) in [5.41, 5.74) is 0.587. The van der Waals surface area contributed by atoms with Crippen LogP contribution in [0.25, 0.3) is 0 Å². The number of aromatic nitrogens is 2. The normalized spacial score (nSPS) is 22.9. The molecule has 18 heavy (non-hydrogen) atoms. The van der Waals surface area contributed by atoms with Gasteiger partial charge in [0, 0.05) is 12.7 Å². The van der Waals surface area contributed by atoms with Crippen LogP contribution in [-0.2, 0) is 20.9 Å². The third kappa shape index (κ3) is 2.67. The molecule has 7 heteroatoms. The molecule has 1 aromatic rings. The van der Waals surface area contributed by atoms with Crippen LogP contribution in [0.5, 0.6) is 0 Å². The van der Waals surface area contributed by atoms with E-state index in [1.165, 1.54) is 0 Å². The Morgan fingerprint density at radius 2 is 2.28 bits per heavy atom. The minimum absolute atomic E-state index is 0.325. The Kier molecular flexibility index (Phi) is 3.61. The summed E-state index contributed by atoms with van der Waals surface area (Å²) in [6.07, 6.45) is 2.47. The van der Waals surface area contributed by atoms with Gasteiger partial charge >= 0.3 is 5.97 Å². The molecular formula is C11H15N3O4. The number of nitrogens with zero attached hydrogens (tertiary/aromatic N) is 2. The van der Waals surface area contributed by atoms with E-state index in [1.807, 2.05) is 6.92 Å². The van der Waals surface area contributed by atoms with Gasteiger partial charge in [-0.25, -0.2) is 4.79 Å². The molecule has 1 saturated heterocycles. The Balaban J connectivity index is 1.91. The molecule has 7 nitrogen and oxygen atoms in total. The zero-order valence-electron chi connectivity index (χ0n) is 10.00. The maximum Gasteiger partial charge on any atom is 0.332 e. The van der Waals surface area contributed by atoms with E-state index in [0.29, 0.717) is 18.5 Å². The predicted octanol–water partition coefficient (Wildman–Crippen LogP) is 0.474. The third-order valence-corrected chi connectivity index (χ3v) is 2.81. The van der Waals surface area contributed by atoms with Crippen LogP contribution in [0.2, 0.25) is 0 Å². The number of carbonyl (C=O) groups excluding carboxylic acids is 1. The Labute approximate surface area is 104 Å². The van der Waals surface area contributed by atoms with Crippen molar-refractivity contribution in [3.63, 3.8) is 0 Å². The predicted molar refractivity (Wildman–Crippen MR) is 62.1 cm³/mol. The monoisotopic (exact) mass is 253 g/mol. The molecule has 1 aliphatic heterocycles. The molecule has 0 spiro atoms. The molecule has 0 saturated carbocycles. The lowest BCUT2D eigenvalue weighted by atomic mass is 10.2. The molecule has 0 aromatic carbocycles. The average Bonchev–Trinajstić information content (AvgIpc) is 2.97. The standard InChI is InChI=1S/C11H15N3O4/c1-2-14-6-7(5-12-14)13-10(15)8-3-4-9(18-8)11(16)17/h5-6,8-9H,2-4H2,1H3,(H,13,15)(H,16,17)/t8-,9+/m0/s1. The van der Waals surface area contributed by atoms with Crippen molar-refractivity contribution in [3.8, 4) is 0 Å². The van der Waals surface area contributed by atoms with Crippen LogP contribution in [0.3, 0.4) is 0 Å². The lowest BCUT2D eigenvalue weighted by Crippen LogP contribution is -2.29. The van der Waals surface area contributed by atoms with Crippen LogP contribution in [0.1, 0.15) is 19.8 Å². The fraction of sp³-hybridized carbons (Fsp3) is 0.545. The average molecular weight is 253 g/mol. The quantitative estimate of drug-likeness (QED) is 0.813. The second-order valence-electron chi connectivity index (χ2n) is 4.10. The summed E-state index contributed by atoms with van der Waals surface area (Å²) in [5.74, 6) is -1.35. The van der Waals surface area contributed by atoms with E-state index in [9.17, 15) is 9.59 Å². The second kappa shape index (κ2) is 5.18. The fourth-order valence-corrected chi connectivity index (χ4v) is 1.84. The van der Waals surface area contributed by atoms with Crippen LogP contribution < -0.4 is 5.32 Å². The maximum atomic E-state index is 11.8. The minimum atomic E-state index is -1.02. The van der Waals surface area contributed by atoms with Crippen molar-refractivity contribution in [3.05, 3.63) is 12.4 Å². The Hall–Kier alpha value is -1.89.